The number of nitrogens with zero attached hydrogens (tertiary/aromatic N) is 2. The van der Waals surface area contributed by atoms with Gasteiger partial charge in [0, 0.05) is 32.6 Å². The van der Waals surface area contributed by atoms with E-state index >= 15 is 0 Å². The maximum Gasteiger partial charge on any atom is 0.329 e. The van der Waals surface area contributed by atoms with Gasteiger partial charge in [-0.25, -0.2) is 4.79 Å². The van der Waals surface area contributed by atoms with Gasteiger partial charge in [0.05, 0.1) is 12.2 Å². The van der Waals surface area contributed by atoms with Gasteiger partial charge in [-0.1, -0.05) is 6.92 Å². The van der Waals surface area contributed by atoms with E-state index in [1.807, 2.05) is 26.2 Å². The summed E-state index contributed by atoms with van der Waals surface area (Å²) in [5, 5.41) is 0. The number of carbonyl (C=O) groups is 1. The summed E-state index contributed by atoms with van der Waals surface area (Å²) in [5.74, 6) is -0.343. The van der Waals surface area contributed by atoms with E-state index in [0.29, 0.717) is 13.0 Å². The molecule has 26 heavy (non-hydrogen) atoms. The number of hydrogen-bond acceptors (Lipinski definition) is 4. The molecule has 0 amide bonds. The van der Waals surface area contributed by atoms with Gasteiger partial charge in [0.25, 0.3) is 5.56 Å². The lowest BCUT2D eigenvalue weighted by molar-refractivity contribution is -0.910. The predicted molar refractivity (Wildman–Crippen MR) is 98.4 cm³/mol. The van der Waals surface area contributed by atoms with Gasteiger partial charge in [0.15, 0.2) is 0 Å². The summed E-state index contributed by atoms with van der Waals surface area (Å²) in [6.07, 6.45) is 4.70. The predicted octanol–water partition coefficient (Wildman–Crippen LogP) is -0.530. The van der Waals surface area contributed by atoms with Gasteiger partial charge in [-0.15, -0.1) is 0 Å². The van der Waals surface area contributed by atoms with Gasteiger partial charge in [0.1, 0.15) is 24.0 Å². The Morgan fingerprint density at radius 3 is 2.85 bits per heavy atom. The summed E-state index contributed by atoms with van der Waals surface area (Å²) in [6, 6.07) is 4.29. The Morgan fingerprint density at radius 2 is 2.19 bits per heavy atom. The largest absolute Gasteiger partial charge is 0.384 e. The molecule has 1 unspecified atom stereocenters. The maximum absolute atomic E-state index is 12.9. The van der Waals surface area contributed by atoms with Crippen molar-refractivity contribution in [3.8, 4) is 0 Å². The van der Waals surface area contributed by atoms with Crippen LogP contribution in [0.15, 0.2) is 27.9 Å². The van der Waals surface area contributed by atoms with Crippen molar-refractivity contribution in [1.29, 1.82) is 0 Å². The first kappa shape index (κ1) is 18.2. The van der Waals surface area contributed by atoms with E-state index in [0.717, 1.165) is 24.3 Å². The van der Waals surface area contributed by atoms with E-state index in [1.54, 1.807) is 0 Å². The molecule has 1 fully saturated rings. The Bertz CT molecular complexity index is 924. The Hall–Kier alpha value is -2.61. The number of ketones is 1. The molecule has 140 valence electrons. The average Bonchev–Trinajstić information content (AvgIpc) is 3.19. The number of Topliss-reactive ketones (excluding diaryl/α,β-unsaturated/α-hetero) is 1. The Balaban J connectivity index is 1.89. The molecule has 0 bridgehead atoms. The first-order valence-electron chi connectivity index (χ1n) is 9.05. The number of hydrogen-bond donors (Lipinski definition) is 3. The molecular weight excluding hydrogens is 334 g/mol. The molecule has 1 saturated heterocycles. The third-order valence-corrected chi connectivity index (χ3v) is 5.18. The molecule has 0 saturated carbocycles. The van der Waals surface area contributed by atoms with E-state index in [4.69, 9.17) is 5.73 Å². The second kappa shape index (κ2) is 7.33. The fourth-order valence-corrected chi connectivity index (χ4v) is 3.91. The number of anilines is 1. The standard InChI is InChI=1S/C18H25N5O3/c1-3-8-23-16(19)15(17(25)20-18(23)26)14(24)11-22-10-5-7-13(22)12-6-4-9-21(12)2/h4,6,9,13H,3,5,7-8,10-11,19H2,1-2H3,(H,20,25,26)/p+1/t13-/m1/s1. The fourth-order valence-electron chi connectivity index (χ4n) is 3.91. The zero-order chi connectivity index (χ0) is 18.8. The minimum Gasteiger partial charge on any atom is -0.384 e. The van der Waals surface area contributed by atoms with Crippen molar-refractivity contribution in [3.05, 3.63) is 50.4 Å². The van der Waals surface area contributed by atoms with Crippen LogP contribution in [-0.4, -0.2) is 33.0 Å². The lowest BCUT2D eigenvalue weighted by Crippen LogP contribution is -3.11. The topological polar surface area (TPSA) is 107 Å². The summed E-state index contributed by atoms with van der Waals surface area (Å²) in [6.45, 7) is 3.32. The Labute approximate surface area is 151 Å². The molecule has 3 heterocycles. The summed E-state index contributed by atoms with van der Waals surface area (Å²) >= 11 is 0. The monoisotopic (exact) mass is 360 g/mol. The zero-order valence-corrected chi connectivity index (χ0v) is 15.2. The first-order chi connectivity index (χ1) is 12.4. The lowest BCUT2D eigenvalue weighted by atomic mass is 10.1. The highest BCUT2D eigenvalue weighted by Gasteiger charge is 2.34. The molecule has 1 aliphatic rings. The molecule has 0 aliphatic carbocycles. The number of likely N-dealkylation sites (tertiary alicyclic amines) is 1. The van der Waals surface area contributed by atoms with Crippen molar-refractivity contribution in [2.75, 3.05) is 18.8 Å². The van der Waals surface area contributed by atoms with Gasteiger partial charge in [0.2, 0.25) is 5.78 Å². The van der Waals surface area contributed by atoms with Crippen molar-refractivity contribution in [3.63, 3.8) is 0 Å². The third-order valence-electron chi connectivity index (χ3n) is 5.18. The van der Waals surface area contributed by atoms with E-state index in [-0.39, 0.29) is 29.8 Å². The molecule has 8 heteroatoms. The number of carbonyl (C=O) groups excluding carboxylic acids is 1. The van der Waals surface area contributed by atoms with Crippen molar-refractivity contribution < 1.29 is 9.69 Å². The lowest BCUT2D eigenvalue weighted by Gasteiger charge is -2.22. The summed E-state index contributed by atoms with van der Waals surface area (Å²) in [7, 11) is 2.00. The van der Waals surface area contributed by atoms with Gasteiger partial charge in [-0.3, -0.25) is 19.1 Å². The molecule has 2 aromatic heterocycles. The second-order valence-corrected chi connectivity index (χ2v) is 6.92. The second-order valence-electron chi connectivity index (χ2n) is 6.92. The van der Waals surface area contributed by atoms with Gasteiger partial charge in [-0.05, 0) is 18.6 Å². The maximum atomic E-state index is 12.9. The molecule has 2 aromatic rings. The molecule has 1 aliphatic heterocycles. The number of aromatic nitrogens is 3. The SMILES string of the molecule is CCCn1c(N)c(C(=O)C[NH+]2CCC[C@@H]2c2cccn2C)c(=O)[nH]c1=O. The number of rotatable bonds is 6. The zero-order valence-electron chi connectivity index (χ0n) is 15.2. The molecule has 0 radical (unpaired) electrons. The molecule has 8 nitrogen and oxygen atoms in total. The van der Waals surface area contributed by atoms with Crippen molar-refractivity contribution in [1.82, 2.24) is 14.1 Å². The minimum atomic E-state index is -0.695. The number of nitrogen functional groups attached to an aromatic ring is 1. The van der Waals surface area contributed by atoms with Crippen LogP contribution >= 0.6 is 0 Å². The van der Waals surface area contributed by atoms with Crippen LogP contribution in [0.4, 0.5) is 5.82 Å². The van der Waals surface area contributed by atoms with Crippen LogP contribution in [0.2, 0.25) is 0 Å². The Kier molecular flexibility index (Phi) is 5.13. The summed E-state index contributed by atoms with van der Waals surface area (Å²) < 4.78 is 3.34. The quantitative estimate of drug-likeness (QED) is 0.602. The van der Waals surface area contributed by atoms with Crippen LogP contribution in [0.1, 0.15) is 48.3 Å². The first-order valence-corrected chi connectivity index (χ1v) is 9.05. The van der Waals surface area contributed by atoms with E-state index in [2.05, 4.69) is 15.6 Å². The molecule has 4 N–H and O–H groups in total. The number of H-pyrrole nitrogens is 1. The highest BCUT2D eigenvalue weighted by Crippen LogP contribution is 2.19. The normalized spacial score (nSPS) is 19.8. The summed E-state index contributed by atoms with van der Waals surface area (Å²) in [4.78, 5) is 40.4. The van der Waals surface area contributed by atoms with Crippen LogP contribution < -0.4 is 21.9 Å². The number of quaternary nitrogens is 1. The number of aryl methyl sites for hydroxylation is 1. The Morgan fingerprint density at radius 1 is 1.42 bits per heavy atom. The van der Waals surface area contributed by atoms with E-state index in [1.165, 1.54) is 10.3 Å². The van der Waals surface area contributed by atoms with Crippen molar-refractivity contribution in [2.24, 2.45) is 7.05 Å². The molecular formula is C18H26N5O3+. The summed E-state index contributed by atoms with van der Waals surface area (Å²) in [5.41, 5.74) is 5.83. The fraction of sp³-hybridized carbons (Fsp3) is 0.500. The van der Waals surface area contributed by atoms with E-state index in [9.17, 15) is 14.4 Å². The molecule has 0 spiro atoms. The number of nitrogens with one attached hydrogen (secondary N) is 2. The van der Waals surface area contributed by atoms with Crippen LogP contribution in [-0.2, 0) is 13.6 Å². The van der Waals surface area contributed by atoms with Crippen molar-refractivity contribution in [2.45, 2.75) is 38.8 Å². The smallest absolute Gasteiger partial charge is 0.329 e. The highest BCUT2D eigenvalue weighted by atomic mass is 16.2. The number of aromatic amines is 1. The van der Waals surface area contributed by atoms with Gasteiger partial charge in [-0.2, -0.15) is 0 Å². The van der Waals surface area contributed by atoms with E-state index < -0.39 is 11.2 Å². The number of nitrogens with two attached hydrogens (primary N) is 1. The molecule has 0 aromatic carbocycles. The van der Waals surface area contributed by atoms with Gasteiger partial charge >= 0.3 is 5.69 Å². The van der Waals surface area contributed by atoms with Gasteiger partial charge < -0.3 is 15.2 Å². The van der Waals surface area contributed by atoms with Crippen LogP contribution in [0.5, 0.6) is 0 Å². The van der Waals surface area contributed by atoms with Crippen LogP contribution in [0, 0.1) is 0 Å². The highest BCUT2D eigenvalue weighted by molar-refractivity contribution is 6.00. The molecule has 2 atom stereocenters. The van der Waals surface area contributed by atoms with Crippen LogP contribution in [0.25, 0.3) is 0 Å². The molecule has 3 rings (SSSR count). The minimum absolute atomic E-state index is 0.0281. The van der Waals surface area contributed by atoms with Crippen LogP contribution in [0.3, 0.4) is 0 Å². The third kappa shape index (κ3) is 3.24. The van der Waals surface area contributed by atoms with Crippen molar-refractivity contribution >= 4 is 11.6 Å². The average molecular weight is 360 g/mol.